The molecular formula is C30H33N3O3. The molecule has 1 fully saturated rings. The Morgan fingerprint density at radius 3 is 2.53 bits per heavy atom. The van der Waals surface area contributed by atoms with Crippen molar-refractivity contribution in [3.63, 3.8) is 0 Å². The molecule has 1 unspecified atom stereocenters. The number of unbranched alkanes of at least 4 members (excludes halogenated alkanes) is 1. The van der Waals surface area contributed by atoms with Crippen LogP contribution in [-0.4, -0.2) is 35.7 Å². The predicted molar refractivity (Wildman–Crippen MR) is 143 cm³/mol. The number of carbonyl (C=O) groups is 1. The Morgan fingerprint density at radius 2 is 1.72 bits per heavy atom. The van der Waals surface area contributed by atoms with Crippen LogP contribution in [-0.2, 0) is 11.3 Å². The second-order valence-corrected chi connectivity index (χ2v) is 9.49. The number of rotatable bonds is 9. The van der Waals surface area contributed by atoms with Gasteiger partial charge in [0.15, 0.2) is 11.5 Å². The van der Waals surface area contributed by atoms with Crippen LogP contribution in [0.2, 0.25) is 0 Å². The molecule has 3 aromatic carbocycles. The van der Waals surface area contributed by atoms with E-state index in [4.69, 9.17) is 14.5 Å². The van der Waals surface area contributed by atoms with Gasteiger partial charge in [0.2, 0.25) is 5.91 Å². The van der Waals surface area contributed by atoms with Gasteiger partial charge in [-0.1, -0.05) is 30.3 Å². The average Bonchev–Trinajstić information content (AvgIpc) is 3.46. The zero-order chi connectivity index (χ0) is 25.1. The highest BCUT2D eigenvalue weighted by Gasteiger charge is 2.34. The molecule has 1 aliphatic rings. The third kappa shape index (κ3) is 4.81. The van der Waals surface area contributed by atoms with E-state index in [1.54, 1.807) is 7.11 Å². The highest BCUT2D eigenvalue weighted by Crippen LogP contribution is 2.34. The number of aryl methyl sites for hydroxylation is 3. The Kier molecular flexibility index (Phi) is 6.94. The molecule has 1 aromatic heterocycles. The maximum Gasteiger partial charge on any atom is 0.227 e. The number of imidazole rings is 1. The van der Waals surface area contributed by atoms with Gasteiger partial charge in [-0.15, -0.1) is 0 Å². The van der Waals surface area contributed by atoms with E-state index in [1.807, 2.05) is 41.3 Å². The summed E-state index contributed by atoms with van der Waals surface area (Å²) in [6.45, 7) is 6.29. The molecule has 6 heteroatoms. The van der Waals surface area contributed by atoms with Crippen LogP contribution in [0.5, 0.6) is 11.5 Å². The van der Waals surface area contributed by atoms with E-state index in [2.05, 4.69) is 48.7 Å². The van der Waals surface area contributed by atoms with Crippen LogP contribution in [0.4, 0.5) is 5.69 Å². The highest BCUT2D eigenvalue weighted by molar-refractivity contribution is 5.96. The van der Waals surface area contributed by atoms with E-state index in [9.17, 15) is 4.79 Å². The second-order valence-electron chi connectivity index (χ2n) is 9.49. The van der Waals surface area contributed by atoms with Gasteiger partial charge in [-0.3, -0.25) is 4.79 Å². The summed E-state index contributed by atoms with van der Waals surface area (Å²) >= 11 is 0. The minimum Gasteiger partial charge on any atom is -0.493 e. The molecule has 36 heavy (non-hydrogen) atoms. The van der Waals surface area contributed by atoms with E-state index in [0.29, 0.717) is 19.6 Å². The van der Waals surface area contributed by atoms with Gasteiger partial charge in [-0.05, 0) is 74.2 Å². The van der Waals surface area contributed by atoms with Crippen LogP contribution in [0, 0.1) is 13.8 Å². The van der Waals surface area contributed by atoms with Crippen LogP contribution >= 0.6 is 0 Å². The maximum atomic E-state index is 13.0. The monoisotopic (exact) mass is 483 g/mol. The molecule has 1 aliphatic heterocycles. The van der Waals surface area contributed by atoms with Gasteiger partial charge in [0, 0.05) is 31.1 Å². The molecule has 1 amide bonds. The summed E-state index contributed by atoms with van der Waals surface area (Å²) in [5, 5.41) is 0. The van der Waals surface area contributed by atoms with Gasteiger partial charge >= 0.3 is 0 Å². The number of aromatic nitrogens is 2. The fraction of sp³-hybridized carbons (Fsp3) is 0.333. The number of amides is 1. The molecular weight excluding hydrogens is 450 g/mol. The zero-order valence-corrected chi connectivity index (χ0v) is 21.2. The van der Waals surface area contributed by atoms with Crippen molar-refractivity contribution in [1.29, 1.82) is 0 Å². The van der Waals surface area contributed by atoms with Crippen LogP contribution in [0.15, 0.2) is 66.7 Å². The number of nitrogens with zero attached hydrogens (tertiary/aromatic N) is 3. The quantitative estimate of drug-likeness (QED) is 0.272. The number of hydrogen-bond acceptors (Lipinski definition) is 4. The molecule has 2 heterocycles. The van der Waals surface area contributed by atoms with E-state index < -0.39 is 0 Å². The van der Waals surface area contributed by atoms with Crippen molar-refractivity contribution in [3.05, 3.63) is 83.7 Å². The molecule has 5 rings (SSSR count). The Bertz CT molecular complexity index is 1380. The second kappa shape index (κ2) is 10.4. The average molecular weight is 484 g/mol. The summed E-state index contributed by atoms with van der Waals surface area (Å²) in [7, 11) is 1.66. The van der Waals surface area contributed by atoms with Gasteiger partial charge in [0.25, 0.3) is 0 Å². The Morgan fingerprint density at radius 1 is 0.944 bits per heavy atom. The van der Waals surface area contributed by atoms with Crippen molar-refractivity contribution in [2.45, 2.75) is 45.6 Å². The van der Waals surface area contributed by atoms with E-state index in [1.165, 1.54) is 11.1 Å². The first-order valence-corrected chi connectivity index (χ1v) is 12.6. The minimum atomic E-state index is 0.0661. The topological polar surface area (TPSA) is 56.6 Å². The molecule has 0 bridgehead atoms. The zero-order valence-electron chi connectivity index (χ0n) is 21.2. The van der Waals surface area contributed by atoms with Crippen LogP contribution in [0.3, 0.4) is 0 Å². The SMILES string of the molecule is COc1ccccc1OCCCCn1c(C2CC(=O)N(c3ccc(C)c(C)c3)C2)nc2ccccc21. The molecule has 0 N–H and O–H groups in total. The lowest BCUT2D eigenvalue weighted by molar-refractivity contribution is -0.117. The normalized spacial score (nSPS) is 15.6. The third-order valence-corrected chi connectivity index (χ3v) is 7.08. The number of anilines is 1. The van der Waals surface area contributed by atoms with Crippen molar-refractivity contribution < 1.29 is 14.3 Å². The molecule has 0 spiro atoms. The summed E-state index contributed by atoms with van der Waals surface area (Å²) in [4.78, 5) is 19.9. The summed E-state index contributed by atoms with van der Waals surface area (Å²) < 4.78 is 13.6. The number of carbonyl (C=O) groups excluding carboxylic acids is 1. The van der Waals surface area contributed by atoms with Gasteiger partial charge in [0.1, 0.15) is 5.82 Å². The number of methoxy groups -OCH3 is 1. The van der Waals surface area contributed by atoms with Crippen LogP contribution in [0.25, 0.3) is 11.0 Å². The van der Waals surface area contributed by atoms with E-state index in [-0.39, 0.29) is 11.8 Å². The number of fused-ring (bicyclic) bond motifs is 1. The standard InChI is InChI=1S/C30H33N3O3/c1-21-14-15-24(18-22(21)2)33-20-23(19-29(33)34)30-31-25-10-4-5-11-26(25)32(30)16-8-9-17-36-28-13-7-6-12-27(28)35-3/h4-7,10-15,18,23H,8-9,16-17,19-20H2,1-3H3. The lowest BCUT2D eigenvalue weighted by Gasteiger charge is -2.18. The first kappa shape index (κ1) is 23.9. The lowest BCUT2D eigenvalue weighted by atomic mass is 10.1. The summed E-state index contributed by atoms with van der Waals surface area (Å²) in [5.74, 6) is 2.74. The number of hydrogen-bond donors (Lipinski definition) is 0. The molecule has 0 saturated carbocycles. The maximum absolute atomic E-state index is 13.0. The van der Waals surface area contributed by atoms with Gasteiger partial charge in [-0.25, -0.2) is 4.98 Å². The molecule has 1 saturated heterocycles. The molecule has 6 nitrogen and oxygen atoms in total. The predicted octanol–water partition coefficient (Wildman–Crippen LogP) is 6.04. The Labute approximate surface area is 212 Å². The molecule has 0 aliphatic carbocycles. The van der Waals surface area contributed by atoms with Crippen molar-refractivity contribution in [2.24, 2.45) is 0 Å². The molecule has 0 radical (unpaired) electrons. The summed E-state index contributed by atoms with van der Waals surface area (Å²) in [6.07, 6.45) is 2.33. The summed E-state index contributed by atoms with van der Waals surface area (Å²) in [5.41, 5.74) is 5.51. The first-order valence-electron chi connectivity index (χ1n) is 12.6. The van der Waals surface area contributed by atoms with Crippen LogP contribution < -0.4 is 14.4 Å². The van der Waals surface area contributed by atoms with Gasteiger partial charge in [-0.2, -0.15) is 0 Å². The smallest absolute Gasteiger partial charge is 0.227 e. The largest absolute Gasteiger partial charge is 0.493 e. The molecule has 186 valence electrons. The van der Waals surface area contributed by atoms with Gasteiger partial charge in [0.05, 0.1) is 24.8 Å². The fourth-order valence-corrected chi connectivity index (χ4v) is 4.96. The molecule has 4 aromatic rings. The van der Waals surface area contributed by atoms with Crippen molar-refractivity contribution in [2.75, 3.05) is 25.2 Å². The Balaban J connectivity index is 1.30. The van der Waals surface area contributed by atoms with Gasteiger partial charge < -0.3 is 18.9 Å². The van der Waals surface area contributed by atoms with E-state index in [0.717, 1.165) is 53.4 Å². The number of ether oxygens (including phenoxy) is 2. The molecule has 1 atom stereocenters. The number of para-hydroxylation sites is 4. The minimum absolute atomic E-state index is 0.0661. The van der Waals surface area contributed by atoms with E-state index >= 15 is 0 Å². The fourth-order valence-electron chi connectivity index (χ4n) is 4.96. The third-order valence-electron chi connectivity index (χ3n) is 7.08. The highest BCUT2D eigenvalue weighted by atomic mass is 16.5. The number of benzene rings is 3. The Hall–Kier alpha value is -3.80. The van der Waals surface area contributed by atoms with Crippen molar-refractivity contribution in [3.8, 4) is 11.5 Å². The van der Waals surface area contributed by atoms with Crippen molar-refractivity contribution >= 4 is 22.6 Å². The van der Waals surface area contributed by atoms with Crippen molar-refractivity contribution in [1.82, 2.24) is 9.55 Å². The first-order chi connectivity index (χ1) is 17.5. The van der Waals surface area contributed by atoms with Crippen LogP contribution in [0.1, 0.15) is 42.1 Å². The lowest BCUT2D eigenvalue weighted by Crippen LogP contribution is -2.24. The summed E-state index contributed by atoms with van der Waals surface area (Å²) in [6, 6.07) is 22.2.